The number of nitrogens with zero attached hydrogens (tertiary/aromatic N) is 3. The Morgan fingerprint density at radius 1 is 1.19 bits per heavy atom. The average molecular weight is 398 g/mol. The van der Waals surface area contributed by atoms with E-state index < -0.39 is 0 Å². The van der Waals surface area contributed by atoms with E-state index in [0.29, 0.717) is 36.0 Å². The molecule has 0 saturated carbocycles. The van der Waals surface area contributed by atoms with E-state index in [1.807, 2.05) is 11.0 Å². The lowest BCUT2D eigenvalue weighted by molar-refractivity contribution is -0.137. The first-order valence-electron chi connectivity index (χ1n) is 9.20. The Labute approximate surface area is 164 Å². The summed E-state index contributed by atoms with van der Waals surface area (Å²) in [6, 6.07) is 5.41. The number of likely N-dealkylation sites (tertiary alicyclic amines) is 1. The molecule has 1 unspecified atom stereocenters. The molecule has 0 aromatic heterocycles. The number of carbonyl (C=O) groups excluding carboxylic acids is 2. The fourth-order valence-corrected chi connectivity index (χ4v) is 4.18. The highest BCUT2D eigenvalue weighted by Gasteiger charge is 2.36. The van der Waals surface area contributed by atoms with Gasteiger partial charge in [0, 0.05) is 55.7 Å². The van der Waals surface area contributed by atoms with Crippen LogP contribution in [0, 0.1) is 5.92 Å². The quantitative estimate of drug-likeness (QED) is 0.766. The summed E-state index contributed by atoms with van der Waals surface area (Å²) in [6.45, 7) is 7.60. The largest absolute Gasteiger partial charge is 0.342 e. The lowest BCUT2D eigenvalue weighted by atomic mass is 10.1. The predicted octanol–water partition coefficient (Wildman–Crippen LogP) is 2.55. The third-order valence-corrected chi connectivity index (χ3v) is 5.95. The molecule has 1 aromatic rings. The van der Waals surface area contributed by atoms with Crippen molar-refractivity contribution >= 4 is 35.0 Å². The Kier molecular flexibility index (Phi) is 6.43. The summed E-state index contributed by atoms with van der Waals surface area (Å²) in [6.07, 6.45) is 0.985. The van der Waals surface area contributed by atoms with E-state index in [1.165, 1.54) is 0 Å². The summed E-state index contributed by atoms with van der Waals surface area (Å²) >= 11 is 12.1. The third kappa shape index (κ3) is 4.51. The molecule has 2 heterocycles. The van der Waals surface area contributed by atoms with E-state index in [-0.39, 0.29) is 17.7 Å². The minimum absolute atomic E-state index is 0.0561. The second kappa shape index (κ2) is 8.59. The molecule has 0 N–H and O–H groups in total. The van der Waals surface area contributed by atoms with Gasteiger partial charge in [-0.3, -0.25) is 9.59 Å². The highest BCUT2D eigenvalue weighted by Crippen LogP contribution is 2.24. The predicted molar refractivity (Wildman–Crippen MR) is 104 cm³/mol. The lowest BCUT2D eigenvalue weighted by Crippen LogP contribution is -2.50. The van der Waals surface area contributed by atoms with Crippen molar-refractivity contribution in [3.63, 3.8) is 0 Å². The summed E-state index contributed by atoms with van der Waals surface area (Å²) in [7, 11) is 0. The van der Waals surface area contributed by atoms with Crippen molar-refractivity contribution in [3.05, 3.63) is 33.8 Å². The van der Waals surface area contributed by atoms with Crippen LogP contribution in [0.1, 0.15) is 18.9 Å². The molecule has 26 heavy (non-hydrogen) atoms. The van der Waals surface area contributed by atoms with Gasteiger partial charge >= 0.3 is 0 Å². The van der Waals surface area contributed by atoms with Gasteiger partial charge in [0.1, 0.15) is 0 Å². The monoisotopic (exact) mass is 397 g/mol. The first kappa shape index (κ1) is 19.5. The van der Waals surface area contributed by atoms with Crippen LogP contribution < -0.4 is 0 Å². The molecule has 2 saturated heterocycles. The highest BCUT2D eigenvalue weighted by atomic mass is 35.5. The minimum Gasteiger partial charge on any atom is -0.342 e. The summed E-state index contributed by atoms with van der Waals surface area (Å²) in [5, 5.41) is 1.22. The first-order chi connectivity index (χ1) is 12.5. The van der Waals surface area contributed by atoms with Crippen molar-refractivity contribution in [3.8, 4) is 0 Å². The number of carbonyl (C=O) groups is 2. The fraction of sp³-hybridized carbons (Fsp3) is 0.579. The zero-order valence-electron chi connectivity index (χ0n) is 15.1. The van der Waals surface area contributed by atoms with Crippen LogP contribution >= 0.6 is 23.2 Å². The van der Waals surface area contributed by atoms with Crippen LogP contribution in [0.25, 0.3) is 0 Å². The third-order valence-electron chi connectivity index (χ3n) is 5.36. The Balaban J connectivity index is 1.52. The second-order valence-corrected chi connectivity index (χ2v) is 7.83. The molecule has 0 aliphatic carbocycles. The molecule has 1 aromatic carbocycles. The van der Waals surface area contributed by atoms with Crippen LogP contribution in [0.5, 0.6) is 0 Å². The molecule has 0 radical (unpaired) electrons. The minimum atomic E-state index is -0.212. The standard InChI is InChI=1S/C19H25Cl2N3O2/c1-2-22-7-9-23(10-8-22)19(26)15-11-18(25)24(13-15)6-5-14-3-4-16(20)12-17(14)21/h3-4,12,15H,2,5-11,13H2,1H3. The highest BCUT2D eigenvalue weighted by molar-refractivity contribution is 6.35. The van der Waals surface area contributed by atoms with Crippen molar-refractivity contribution in [1.82, 2.24) is 14.7 Å². The molecule has 0 bridgehead atoms. The maximum atomic E-state index is 12.7. The summed E-state index contributed by atoms with van der Waals surface area (Å²) in [5.41, 5.74) is 0.967. The molecule has 2 aliphatic rings. The molecule has 1 atom stereocenters. The molecule has 142 valence electrons. The second-order valence-electron chi connectivity index (χ2n) is 6.99. The van der Waals surface area contributed by atoms with Crippen LogP contribution in [0.15, 0.2) is 18.2 Å². The normalized spacial score (nSPS) is 21.5. The molecule has 2 amide bonds. The zero-order chi connectivity index (χ0) is 18.7. The van der Waals surface area contributed by atoms with Crippen molar-refractivity contribution in [1.29, 1.82) is 0 Å². The van der Waals surface area contributed by atoms with E-state index in [1.54, 1.807) is 17.0 Å². The number of benzene rings is 1. The Morgan fingerprint density at radius 3 is 2.58 bits per heavy atom. The van der Waals surface area contributed by atoms with E-state index in [2.05, 4.69) is 11.8 Å². The van der Waals surface area contributed by atoms with Gasteiger partial charge in [-0.25, -0.2) is 0 Å². The number of hydrogen-bond donors (Lipinski definition) is 0. The van der Waals surface area contributed by atoms with E-state index in [9.17, 15) is 9.59 Å². The van der Waals surface area contributed by atoms with E-state index in [0.717, 1.165) is 38.3 Å². The van der Waals surface area contributed by atoms with Crippen molar-refractivity contribution < 1.29 is 9.59 Å². The van der Waals surface area contributed by atoms with Gasteiger partial charge in [-0.1, -0.05) is 36.2 Å². The summed E-state index contributed by atoms with van der Waals surface area (Å²) in [5.74, 6) is -0.0295. The smallest absolute Gasteiger partial charge is 0.228 e. The molecular weight excluding hydrogens is 373 g/mol. The number of piperazine rings is 1. The van der Waals surface area contributed by atoms with Gasteiger partial charge in [-0.15, -0.1) is 0 Å². The number of rotatable bonds is 5. The maximum absolute atomic E-state index is 12.7. The van der Waals surface area contributed by atoms with E-state index in [4.69, 9.17) is 23.2 Å². The molecule has 3 rings (SSSR count). The van der Waals surface area contributed by atoms with Crippen molar-refractivity contribution in [2.75, 3.05) is 45.8 Å². The van der Waals surface area contributed by atoms with Crippen molar-refractivity contribution in [2.45, 2.75) is 19.8 Å². The SMILES string of the molecule is CCN1CCN(C(=O)C2CC(=O)N(CCc3ccc(Cl)cc3Cl)C2)CC1. The van der Waals surface area contributed by atoms with Gasteiger partial charge < -0.3 is 14.7 Å². The van der Waals surface area contributed by atoms with Crippen LogP contribution in [0.4, 0.5) is 0 Å². The van der Waals surface area contributed by atoms with Gasteiger partial charge in [0.25, 0.3) is 0 Å². The van der Waals surface area contributed by atoms with Gasteiger partial charge in [-0.05, 0) is 30.7 Å². The molecule has 5 nitrogen and oxygen atoms in total. The van der Waals surface area contributed by atoms with Crippen LogP contribution in [0.2, 0.25) is 10.0 Å². The van der Waals surface area contributed by atoms with Gasteiger partial charge in [0.2, 0.25) is 11.8 Å². The van der Waals surface area contributed by atoms with Gasteiger partial charge in [0.05, 0.1) is 5.92 Å². The Hall–Kier alpha value is -1.30. The van der Waals surface area contributed by atoms with Crippen LogP contribution in [-0.2, 0) is 16.0 Å². The van der Waals surface area contributed by atoms with E-state index >= 15 is 0 Å². The molecule has 2 aliphatic heterocycles. The average Bonchev–Trinajstić information content (AvgIpc) is 3.01. The Bertz CT molecular complexity index is 675. The Morgan fingerprint density at radius 2 is 1.92 bits per heavy atom. The van der Waals surface area contributed by atoms with Gasteiger partial charge in [-0.2, -0.15) is 0 Å². The summed E-state index contributed by atoms with van der Waals surface area (Å²) in [4.78, 5) is 31.1. The number of amides is 2. The molecule has 7 heteroatoms. The fourth-order valence-electron chi connectivity index (χ4n) is 3.68. The maximum Gasteiger partial charge on any atom is 0.228 e. The van der Waals surface area contributed by atoms with Crippen LogP contribution in [-0.4, -0.2) is 72.3 Å². The summed E-state index contributed by atoms with van der Waals surface area (Å²) < 4.78 is 0. The van der Waals surface area contributed by atoms with Crippen molar-refractivity contribution in [2.24, 2.45) is 5.92 Å². The molecule has 0 spiro atoms. The topological polar surface area (TPSA) is 43.9 Å². The lowest BCUT2D eigenvalue weighted by Gasteiger charge is -2.35. The molecule has 2 fully saturated rings. The van der Waals surface area contributed by atoms with Crippen LogP contribution in [0.3, 0.4) is 0 Å². The number of hydrogen-bond acceptors (Lipinski definition) is 3. The van der Waals surface area contributed by atoms with Gasteiger partial charge in [0.15, 0.2) is 0 Å². The number of halogens is 2. The molecular formula is C19H25Cl2N3O2. The first-order valence-corrected chi connectivity index (χ1v) is 9.96. The number of likely N-dealkylation sites (N-methyl/N-ethyl adjacent to an activating group) is 1. The zero-order valence-corrected chi connectivity index (χ0v) is 16.6.